The zero-order valence-corrected chi connectivity index (χ0v) is 31.6. The van der Waals surface area contributed by atoms with Crippen molar-refractivity contribution in [2.75, 3.05) is 20.3 Å². The second-order valence-corrected chi connectivity index (χ2v) is 18.1. The molecule has 0 aromatic carbocycles. The molecular weight excluding hydrogens is 680 g/mol. The molecule has 2 saturated heterocycles. The number of hydrogen-bond acceptors (Lipinski definition) is 14. The molecule has 302 valence electrons. The molecule has 21 unspecified atom stereocenters. The topological polar surface area (TPSA) is 228 Å². The molecule has 0 spiro atoms. The highest BCUT2D eigenvalue weighted by molar-refractivity contribution is 5.21. The second-order valence-electron chi connectivity index (χ2n) is 18.1. The van der Waals surface area contributed by atoms with Gasteiger partial charge in [0.05, 0.1) is 49.3 Å². The van der Waals surface area contributed by atoms with Gasteiger partial charge in [-0.05, 0) is 79.4 Å². The molecule has 14 nitrogen and oxygen atoms in total. The van der Waals surface area contributed by atoms with E-state index in [2.05, 4.69) is 13.8 Å². The lowest BCUT2D eigenvalue weighted by molar-refractivity contribution is -0.296. The van der Waals surface area contributed by atoms with Gasteiger partial charge in [-0.1, -0.05) is 34.6 Å². The molecule has 9 N–H and O–H groups in total. The number of hydrogen-bond donors (Lipinski definition) is 9. The van der Waals surface area contributed by atoms with E-state index in [9.17, 15) is 46.0 Å². The molecule has 52 heavy (non-hydrogen) atoms. The Morgan fingerprint density at radius 2 is 1.48 bits per heavy atom. The number of aliphatic hydroxyl groups excluding tert-OH is 8. The lowest BCUT2D eigenvalue weighted by atomic mass is 9.41. The summed E-state index contributed by atoms with van der Waals surface area (Å²) in [5.41, 5.74) is -2.26. The largest absolute Gasteiger partial charge is 0.394 e. The molecule has 4 saturated carbocycles. The van der Waals surface area contributed by atoms with Crippen LogP contribution in [0.25, 0.3) is 0 Å². The SMILES string of the molecule is COC1C(OC2C(CO)OC(OC(CCC(C)C3CC(O)C4C3(C)CCC3C5(C)CCC(O)C(O)C5C(O)CC34O)C(C)C)C2O)OCC(O)C1O. The normalized spacial score (nSPS) is 53.3. The van der Waals surface area contributed by atoms with Gasteiger partial charge in [-0.25, -0.2) is 0 Å². The van der Waals surface area contributed by atoms with Gasteiger partial charge in [-0.3, -0.25) is 0 Å². The van der Waals surface area contributed by atoms with Gasteiger partial charge < -0.3 is 69.6 Å². The Kier molecular flexibility index (Phi) is 12.2. The van der Waals surface area contributed by atoms with E-state index in [0.29, 0.717) is 32.1 Å². The van der Waals surface area contributed by atoms with E-state index in [4.69, 9.17) is 23.7 Å². The Morgan fingerprint density at radius 1 is 0.788 bits per heavy atom. The summed E-state index contributed by atoms with van der Waals surface area (Å²) in [6, 6.07) is 0. The van der Waals surface area contributed by atoms with Gasteiger partial charge in [-0.15, -0.1) is 0 Å². The van der Waals surface area contributed by atoms with Crippen molar-refractivity contribution in [2.24, 2.45) is 46.3 Å². The standard InChI is InChI=1S/C38H66O14/c1-17(2)24(50-34-30(46)31(25(15-39)51-34)52-35-32(48-6)29(45)23(43)16-49-35)8-7-18(3)19-13-21(41)33-36(19,4)12-10-26-37(5)11-9-20(40)28(44)27(37)22(42)14-38(26,33)47/h17-35,39-47H,7-16H2,1-6H3. The van der Waals surface area contributed by atoms with Gasteiger partial charge in [0.2, 0.25) is 0 Å². The van der Waals surface area contributed by atoms with Crippen LogP contribution in [0.3, 0.4) is 0 Å². The van der Waals surface area contributed by atoms with Gasteiger partial charge in [0, 0.05) is 25.4 Å². The van der Waals surface area contributed by atoms with Crippen LogP contribution in [-0.2, 0) is 23.7 Å². The molecule has 6 aliphatic rings. The van der Waals surface area contributed by atoms with Crippen LogP contribution in [0, 0.1) is 46.3 Å². The van der Waals surface area contributed by atoms with Gasteiger partial charge in [-0.2, -0.15) is 0 Å². The lowest BCUT2D eigenvalue weighted by Gasteiger charge is -2.66. The summed E-state index contributed by atoms with van der Waals surface area (Å²) in [6.07, 6.45) is -8.50. The fourth-order valence-electron chi connectivity index (χ4n) is 12.3. The third-order valence-corrected chi connectivity index (χ3v) is 14.9. The first kappa shape index (κ1) is 41.1. The second kappa shape index (κ2) is 15.4. The van der Waals surface area contributed by atoms with Crippen LogP contribution >= 0.6 is 0 Å². The molecule has 2 heterocycles. The highest BCUT2D eigenvalue weighted by atomic mass is 16.8. The van der Waals surface area contributed by atoms with E-state index in [1.165, 1.54) is 7.11 Å². The minimum Gasteiger partial charge on any atom is -0.394 e. The van der Waals surface area contributed by atoms with Crippen molar-refractivity contribution in [1.82, 2.24) is 0 Å². The van der Waals surface area contributed by atoms with Crippen molar-refractivity contribution in [3.63, 3.8) is 0 Å². The van der Waals surface area contributed by atoms with E-state index in [1.807, 2.05) is 20.8 Å². The van der Waals surface area contributed by atoms with Crippen LogP contribution < -0.4 is 0 Å². The first-order chi connectivity index (χ1) is 24.4. The van der Waals surface area contributed by atoms with Crippen LogP contribution in [-0.4, -0.2) is 152 Å². The minimum atomic E-state index is -1.31. The number of aliphatic hydroxyl groups is 9. The molecule has 0 bridgehead atoms. The average molecular weight is 747 g/mol. The maximum Gasteiger partial charge on any atom is 0.187 e. The van der Waals surface area contributed by atoms with Crippen molar-refractivity contribution in [3.05, 3.63) is 0 Å². The minimum absolute atomic E-state index is 0.0437. The molecule has 0 aromatic heterocycles. The molecule has 4 aliphatic carbocycles. The zero-order chi connectivity index (χ0) is 38.1. The molecule has 6 rings (SSSR count). The predicted molar refractivity (Wildman–Crippen MR) is 184 cm³/mol. The molecule has 0 radical (unpaired) electrons. The molecular formula is C38H66O14. The van der Waals surface area contributed by atoms with Crippen LogP contribution in [0.4, 0.5) is 0 Å². The van der Waals surface area contributed by atoms with E-state index < -0.39 is 103 Å². The van der Waals surface area contributed by atoms with E-state index in [0.717, 1.165) is 12.8 Å². The summed E-state index contributed by atoms with van der Waals surface area (Å²) in [4.78, 5) is 0. The molecule has 14 heteroatoms. The Morgan fingerprint density at radius 3 is 2.13 bits per heavy atom. The monoisotopic (exact) mass is 746 g/mol. The van der Waals surface area contributed by atoms with E-state index in [-0.39, 0.29) is 48.2 Å². The molecule has 2 aliphatic heterocycles. The first-order valence-electron chi connectivity index (χ1n) is 19.6. The van der Waals surface area contributed by atoms with Gasteiger partial charge in [0.25, 0.3) is 0 Å². The van der Waals surface area contributed by atoms with Crippen molar-refractivity contribution < 1.29 is 69.6 Å². The van der Waals surface area contributed by atoms with Gasteiger partial charge in [0.15, 0.2) is 12.6 Å². The zero-order valence-electron chi connectivity index (χ0n) is 31.6. The average Bonchev–Trinajstić information content (AvgIpc) is 3.53. The summed E-state index contributed by atoms with van der Waals surface area (Å²) < 4.78 is 29.2. The molecule has 21 atom stereocenters. The first-order valence-corrected chi connectivity index (χ1v) is 19.6. The number of ether oxygens (including phenoxy) is 5. The Bertz CT molecular complexity index is 1210. The maximum absolute atomic E-state index is 12.6. The lowest BCUT2D eigenvalue weighted by Crippen LogP contribution is -2.70. The smallest absolute Gasteiger partial charge is 0.187 e. The van der Waals surface area contributed by atoms with Crippen molar-refractivity contribution in [2.45, 2.75) is 171 Å². The van der Waals surface area contributed by atoms with Crippen LogP contribution in [0.5, 0.6) is 0 Å². The Hall–Kier alpha value is -0.560. The summed E-state index contributed by atoms with van der Waals surface area (Å²) in [7, 11) is 1.35. The number of fused-ring (bicyclic) bond motifs is 5. The summed E-state index contributed by atoms with van der Waals surface area (Å²) in [5.74, 6) is -0.911. The van der Waals surface area contributed by atoms with Crippen LogP contribution in [0.15, 0.2) is 0 Å². The Labute approximate surface area is 307 Å². The highest BCUT2D eigenvalue weighted by Gasteiger charge is 2.71. The number of rotatable bonds is 11. The fourth-order valence-corrected chi connectivity index (χ4v) is 12.3. The quantitative estimate of drug-likeness (QED) is 0.136. The highest BCUT2D eigenvalue weighted by Crippen LogP contribution is 2.70. The van der Waals surface area contributed by atoms with Crippen molar-refractivity contribution >= 4 is 0 Å². The van der Waals surface area contributed by atoms with E-state index >= 15 is 0 Å². The molecule has 0 amide bonds. The molecule has 0 aromatic rings. The maximum atomic E-state index is 12.6. The van der Waals surface area contributed by atoms with E-state index in [1.54, 1.807) is 0 Å². The van der Waals surface area contributed by atoms with Crippen LogP contribution in [0.2, 0.25) is 0 Å². The molecule has 6 fully saturated rings. The third-order valence-electron chi connectivity index (χ3n) is 14.9. The van der Waals surface area contributed by atoms with Crippen LogP contribution in [0.1, 0.15) is 86.0 Å². The van der Waals surface area contributed by atoms with Crippen molar-refractivity contribution in [3.8, 4) is 0 Å². The third kappa shape index (κ3) is 6.82. The van der Waals surface area contributed by atoms with Gasteiger partial charge in [0.1, 0.15) is 36.6 Å². The predicted octanol–water partition coefficient (Wildman–Crippen LogP) is 0.0474. The summed E-state index contributed by atoms with van der Waals surface area (Å²) in [6.45, 7) is 9.80. The fraction of sp³-hybridized carbons (Fsp3) is 1.00. The summed E-state index contributed by atoms with van der Waals surface area (Å²) >= 11 is 0. The van der Waals surface area contributed by atoms with Crippen molar-refractivity contribution in [1.29, 1.82) is 0 Å². The Balaban J connectivity index is 1.11. The number of methoxy groups -OCH3 is 1. The summed E-state index contributed by atoms with van der Waals surface area (Å²) in [5, 5.41) is 98.9. The van der Waals surface area contributed by atoms with Gasteiger partial charge >= 0.3 is 0 Å².